The Balaban J connectivity index is 1.76. The second-order valence-electron chi connectivity index (χ2n) is 5.08. The largest absolute Gasteiger partial charge is 0.497 e. The van der Waals surface area contributed by atoms with Gasteiger partial charge in [-0.3, -0.25) is 4.79 Å². The fraction of sp³-hybridized carbons (Fsp3) is 0.353. The maximum absolute atomic E-state index is 12.0. The smallest absolute Gasteiger partial charge is 0.248 e. The molecule has 0 saturated heterocycles. The standard InChI is InChI=1S/C17H21NO5/c1-12(23-11-13-5-3-6-14(9-13)21-2)17(20)18-10-15(19)16-7-4-8-22-16/h3-9,12,15,19H,10-11H2,1-2H3,(H,18,20). The summed E-state index contributed by atoms with van der Waals surface area (Å²) in [6.45, 7) is 2.03. The molecule has 1 amide bonds. The minimum absolute atomic E-state index is 0.0687. The molecule has 6 heteroatoms. The van der Waals surface area contributed by atoms with Crippen molar-refractivity contribution in [2.45, 2.75) is 25.7 Å². The first-order valence-electron chi connectivity index (χ1n) is 7.34. The molecule has 0 aliphatic heterocycles. The van der Waals surface area contributed by atoms with Crippen LogP contribution in [0.1, 0.15) is 24.4 Å². The van der Waals surface area contributed by atoms with Crippen molar-refractivity contribution in [1.82, 2.24) is 5.32 Å². The molecule has 2 rings (SSSR count). The van der Waals surface area contributed by atoms with Crippen LogP contribution >= 0.6 is 0 Å². The summed E-state index contributed by atoms with van der Waals surface area (Å²) < 4.78 is 15.7. The predicted octanol–water partition coefficient (Wildman–Crippen LogP) is 2.04. The third kappa shape index (κ3) is 5.12. The second-order valence-corrected chi connectivity index (χ2v) is 5.08. The van der Waals surface area contributed by atoms with Gasteiger partial charge >= 0.3 is 0 Å². The molecule has 124 valence electrons. The number of methoxy groups -OCH3 is 1. The summed E-state index contributed by atoms with van der Waals surface area (Å²) in [5, 5.41) is 12.5. The number of hydrogen-bond acceptors (Lipinski definition) is 5. The summed E-state index contributed by atoms with van der Waals surface area (Å²) >= 11 is 0. The van der Waals surface area contributed by atoms with E-state index >= 15 is 0 Å². The lowest BCUT2D eigenvalue weighted by Crippen LogP contribution is -2.36. The fourth-order valence-electron chi connectivity index (χ4n) is 1.98. The number of amides is 1. The molecule has 2 N–H and O–H groups in total. The molecule has 2 atom stereocenters. The van der Waals surface area contributed by atoms with Gasteiger partial charge in [-0.2, -0.15) is 0 Å². The maximum Gasteiger partial charge on any atom is 0.248 e. The highest BCUT2D eigenvalue weighted by Crippen LogP contribution is 2.14. The minimum Gasteiger partial charge on any atom is -0.497 e. The molecule has 2 aromatic rings. The molecular weight excluding hydrogens is 298 g/mol. The minimum atomic E-state index is -0.875. The molecule has 0 fully saturated rings. The Bertz CT molecular complexity index is 611. The summed E-state index contributed by atoms with van der Waals surface area (Å²) in [4.78, 5) is 12.0. The number of carbonyl (C=O) groups excluding carboxylic acids is 1. The van der Waals surface area contributed by atoms with E-state index in [4.69, 9.17) is 13.9 Å². The number of aliphatic hydroxyl groups excluding tert-OH is 1. The van der Waals surface area contributed by atoms with E-state index in [9.17, 15) is 9.90 Å². The zero-order chi connectivity index (χ0) is 16.7. The number of rotatable bonds is 8. The van der Waals surface area contributed by atoms with Crippen molar-refractivity contribution in [3.8, 4) is 5.75 Å². The van der Waals surface area contributed by atoms with Gasteiger partial charge in [-0.25, -0.2) is 0 Å². The molecule has 0 aliphatic carbocycles. The Hall–Kier alpha value is -2.31. The Morgan fingerprint density at radius 1 is 1.35 bits per heavy atom. The lowest BCUT2D eigenvalue weighted by Gasteiger charge is -2.15. The Morgan fingerprint density at radius 3 is 2.87 bits per heavy atom. The van der Waals surface area contributed by atoms with Gasteiger partial charge in [0, 0.05) is 0 Å². The van der Waals surface area contributed by atoms with Crippen molar-refractivity contribution in [2.24, 2.45) is 0 Å². The molecule has 23 heavy (non-hydrogen) atoms. The van der Waals surface area contributed by atoms with Crippen molar-refractivity contribution in [2.75, 3.05) is 13.7 Å². The normalized spacial score (nSPS) is 13.3. The number of aliphatic hydroxyl groups is 1. The molecular formula is C17H21NO5. The van der Waals surface area contributed by atoms with Crippen LogP contribution in [-0.2, 0) is 16.1 Å². The molecule has 0 aliphatic rings. The lowest BCUT2D eigenvalue weighted by atomic mass is 10.2. The van der Waals surface area contributed by atoms with Gasteiger partial charge in [0.05, 0.1) is 26.5 Å². The monoisotopic (exact) mass is 319 g/mol. The van der Waals surface area contributed by atoms with E-state index in [-0.39, 0.29) is 12.5 Å². The summed E-state index contributed by atoms with van der Waals surface area (Å²) in [6.07, 6.45) is -0.0372. The Kier molecular flexibility index (Phi) is 6.19. The van der Waals surface area contributed by atoms with Gasteiger partial charge in [0.2, 0.25) is 5.91 Å². The van der Waals surface area contributed by atoms with Gasteiger partial charge in [-0.15, -0.1) is 0 Å². The Morgan fingerprint density at radius 2 is 2.17 bits per heavy atom. The van der Waals surface area contributed by atoms with Crippen LogP contribution in [0.25, 0.3) is 0 Å². The zero-order valence-electron chi connectivity index (χ0n) is 13.2. The molecule has 6 nitrogen and oxygen atoms in total. The van der Waals surface area contributed by atoms with E-state index in [1.807, 2.05) is 24.3 Å². The molecule has 2 unspecified atom stereocenters. The van der Waals surface area contributed by atoms with Crippen LogP contribution < -0.4 is 10.1 Å². The van der Waals surface area contributed by atoms with Crippen molar-refractivity contribution in [3.63, 3.8) is 0 Å². The highest BCUT2D eigenvalue weighted by atomic mass is 16.5. The van der Waals surface area contributed by atoms with Gasteiger partial charge < -0.3 is 24.3 Å². The number of furan rings is 1. The van der Waals surface area contributed by atoms with Gasteiger partial charge in [0.15, 0.2) is 0 Å². The van der Waals surface area contributed by atoms with E-state index in [0.29, 0.717) is 12.4 Å². The van der Waals surface area contributed by atoms with Crippen LogP contribution in [0.3, 0.4) is 0 Å². The van der Waals surface area contributed by atoms with E-state index in [1.54, 1.807) is 26.2 Å². The molecule has 1 aromatic heterocycles. The predicted molar refractivity (Wildman–Crippen MR) is 83.9 cm³/mol. The quantitative estimate of drug-likeness (QED) is 0.778. The maximum atomic E-state index is 12.0. The summed E-state index contributed by atoms with van der Waals surface area (Å²) in [5.41, 5.74) is 0.916. The third-order valence-electron chi connectivity index (χ3n) is 3.34. The first-order chi connectivity index (χ1) is 11.1. The highest BCUT2D eigenvalue weighted by Gasteiger charge is 2.16. The average Bonchev–Trinajstić information content (AvgIpc) is 3.12. The van der Waals surface area contributed by atoms with Crippen molar-refractivity contribution >= 4 is 5.91 Å². The number of hydrogen-bond donors (Lipinski definition) is 2. The van der Waals surface area contributed by atoms with Crippen molar-refractivity contribution < 1.29 is 23.8 Å². The summed E-state index contributed by atoms with van der Waals surface area (Å²) in [7, 11) is 1.60. The van der Waals surface area contributed by atoms with Gasteiger partial charge in [0.1, 0.15) is 23.7 Å². The van der Waals surface area contributed by atoms with Crippen LogP contribution in [0.5, 0.6) is 5.75 Å². The van der Waals surface area contributed by atoms with Crippen LogP contribution in [-0.4, -0.2) is 30.8 Å². The van der Waals surface area contributed by atoms with Crippen LogP contribution in [0.2, 0.25) is 0 Å². The summed E-state index contributed by atoms with van der Waals surface area (Å²) in [5.74, 6) is 0.860. The van der Waals surface area contributed by atoms with Gasteiger partial charge in [0.25, 0.3) is 0 Å². The van der Waals surface area contributed by atoms with Gasteiger partial charge in [-0.05, 0) is 36.8 Å². The number of nitrogens with one attached hydrogen (secondary N) is 1. The van der Waals surface area contributed by atoms with E-state index in [2.05, 4.69) is 5.32 Å². The van der Waals surface area contributed by atoms with E-state index < -0.39 is 12.2 Å². The number of ether oxygens (including phenoxy) is 2. The average molecular weight is 319 g/mol. The molecule has 0 spiro atoms. The van der Waals surface area contributed by atoms with Crippen LogP contribution in [0, 0.1) is 0 Å². The molecule has 0 bridgehead atoms. The molecule has 1 aromatic carbocycles. The third-order valence-corrected chi connectivity index (χ3v) is 3.34. The fourth-order valence-corrected chi connectivity index (χ4v) is 1.98. The number of carbonyl (C=O) groups is 1. The van der Waals surface area contributed by atoms with Gasteiger partial charge in [-0.1, -0.05) is 12.1 Å². The number of benzene rings is 1. The highest BCUT2D eigenvalue weighted by molar-refractivity contribution is 5.80. The van der Waals surface area contributed by atoms with Crippen molar-refractivity contribution in [3.05, 3.63) is 54.0 Å². The first kappa shape index (κ1) is 17.1. The SMILES string of the molecule is COc1cccc(COC(C)C(=O)NCC(O)c2ccco2)c1. The van der Waals surface area contributed by atoms with Crippen LogP contribution in [0.4, 0.5) is 0 Å². The molecule has 0 saturated carbocycles. The topological polar surface area (TPSA) is 80.9 Å². The molecule has 1 heterocycles. The second kappa shape index (κ2) is 8.36. The zero-order valence-corrected chi connectivity index (χ0v) is 13.2. The van der Waals surface area contributed by atoms with E-state index in [0.717, 1.165) is 11.3 Å². The Labute approximate surface area is 135 Å². The summed E-state index contributed by atoms with van der Waals surface area (Å²) in [6, 6.07) is 10.8. The van der Waals surface area contributed by atoms with Crippen LogP contribution in [0.15, 0.2) is 47.1 Å². The van der Waals surface area contributed by atoms with Crippen molar-refractivity contribution in [1.29, 1.82) is 0 Å². The van der Waals surface area contributed by atoms with E-state index in [1.165, 1.54) is 6.26 Å². The molecule has 0 radical (unpaired) electrons. The first-order valence-corrected chi connectivity index (χ1v) is 7.34. The lowest BCUT2D eigenvalue weighted by molar-refractivity contribution is -0.133.